The van der Waals surface area contributed by atoms with Crippen molar-refractivity contribution in [1.29, 1.82) is 0 Å². The van der Waals surface area contributed by atoms with Crippen LogP contribution in [0.2, 0.25) is 0 Å². The topological polar surface area (TPSA) is 28.2 Å². The largest absolute Gasteiger partial charge is 0.314 e. The van der Waals surface area contributed by atoms with Crippen LogP contribution in [0, 0.1) is 18.6 Å². The van der Waals surface area contributed by atoms with Gasteiger partial charge in [0.1, 0.15) is 11.6 Å². The summed E-state index contributed by atoms with van der Waals surface area (Å²) in [5.41, 5.74) is 2.54. The number of nitrogens with one attached hydrogen (secondary N) is 1. The molecule has 0 radical (unpaired) electrons. The molecule has 0 aliphatic carbocycles. The Balaban J connectivity index is 2.08. The van der Waals surface area contributed by atoms with Crippen molar-refractivity contribution in [2.75, 3.05) is 26.2 Å². The van der Waals surface area contributed by atoms with E-state index in [-0.39, 0.29) is 6.04 Å². The van der Waals surface area contributed by atoms with Gasteiger partial charge < -0.3 is 5.32 Å². The van der Waals surface area contributed by atoms with E-state index in [0.29, 0.717) is 5.56 Å². The summed E-state index contributed by atoms with van der Waals surface area (Å²) in [6.07, 6.45) is 3.50. The van der Waals surface area contributed by atoms with Gasteiger partial charge in [-0.3, -0.25) is 9.88 Å². The van der Waals surface area contributed by atoms with Crippen LogP contribution in [0.15, 0.2) is 36.7 Å². The Morgan fingerprint density at radius 2 is 1.91 bits per heavy atom. The van der Waals surface area contributed by atoms with Gasteiger partial charge in [-0.25, -0.2) is 8.78 Å². The van der Waals surface area contributed by atoms with E-state index in [4.69, 9.17) is 0 Å². The third-order valence-electron chi connectivity index (χ3n) is 4.13. The molecule has 116 valence electrons. The lowest BCUT2D eigenvalue weighted by molar-refractivity contribution is 0.194. The highest BCUT2D eigenvalue weighted by Crippen LogP contribution is 2.32. The molecule has 1 atom stereocenters. The van der Waals surface area contributed by atoms with E-state index < -0.39 is 11.6 Å². The van der Waals surface area contributed by atoms with E-state index in [0.717, 1.165) is 43.4 Å². The molecule has 22 heavy (non-hydrogen) atoms. The lowest BCUT2D eigenvalue weighted by atomic mass is 9.94. The number of hydrogen-bond donors (Lipinski definition) is 1. The highest BCUT2D eigenvalue weighted by Gasteiger charge is 2.27. The van der Waals surface area contributed by atoms with Crippen molar-refractivity contribution >= 4 is 0 Å². The molecule has 1 aromatic heterocycles. The van der Waals surface area contributed by atoms with Crippen molar-refractivity contribution in [2.45, 2.75) is 13.0 Å². The molecule has 0 bridgehead atoms. The standard InChI is InChI=1S/C17H19F2N3/c1-12-11-21-5-4-14(12)17(22-8-6-20-7-9-22)15-3-2-13(18)10-16(15)19/h2-5,10-11,17,20H,6-9H2,1H3. The first kappa shape index (κ1) is 15.1. The van der Waals surface area contributed by atoms with Crippen LogP contribution in [-0.2, 0) is 0 Å². The van der Waals surface area contributed by atoms with Crippen molar-refractivity contribution in [2.24, 2.45) is 0 Å². The van der Waals surface area contributed by atoms with E-state index in [1.165, 1.54) is 6.07 Å². The van der Waals surface area contributed by atoms with Crippen LogP contribution in [0.4, 0.5) is 8.78 Å². The van der Waals surface area contributed by atoms with Gasteiger partial charge in [-0.1, -0.05) is 6.07 Å². The van der Waals surface area contributed by atoms with Crippen molar-refractivity contribution in [3.05, 3.63) is 65.0 Å². The number of pyridine rings is 1. The van der Waals surface area contributed by atoms with Crippen LogP contribution >= 0.6 is 0 Å². The zero-order chi connectivity index (χ0) is 15.5. The summed E-state index contributed by atoms with van der Waals surface area (Å²) >= 11 is 0. The van der Waals surface area contributed by atoms with Gasteiger partial charge in [0.15, 0.2) is 0 Å². The summed E-state index contributed by atoms with van der Waals surface area (Å²) in [5, 5.41) is 3.30. The molecule has 2 aromatic rings. The summed E-state index contributed by atoms with van der Waals surface area (Å²) < 4.78 is 27.6. The average Bonchev–Trinajstić information content (AvgIpc) is 2.52. The van der Waals surface area contributed by atoms with Gasteiger partial charge in [0.05, 0.1) is 6.04 Å². The molecule has 0 amide bonds. The van der Waals surface area contributed by atoms with Crippen molar-refractivity contribution < 1.29 is 8.78 Å². The first-order chi connectivity index (χ1) is 10.7. The molecule has 1 fully saturated rings. The fourth-order valence-electron chi connectivity index (χ4n) is 3.02. The molecule has 1 N–H and O–H groups in total. The predicted molar refractivity (Wildman–Crippen MR) is 81.6 cm³/mol. The van der Waals surface area contributed by atoms with E-state index in [2.05, 4.69) is 15.2 Å². The van der Waals surface area contributed by atoms with E-state index in [1.807, 2.05) is 13.0 Å². The van der Waals surface area contributed by atoms with Crippen molar-refractivity contribution in [3.8, 4) is 0 Å². The van der Waals surface area contributed by atoms with E-state index >= 15 is 0 Å². The number of halogens is 2. The zero-order valence-corrected chi connectivity index (χ0v) is 12.5. The predicted octanol–water partition coefficient (Wildman–Crippen LogP) is 2.66. The quantitative estimate of drug-likeness (QED) is 0.945. The van der Waals surface area contributed by atoms with Crippen LogP contribution in [0.1, 0.15) is 22.7 Å². The highest BCUT2D eigenvalue weighted by atomic mass is 19.1. The first-order valence-electron chi connectivity index (χ1n) is 7.47. The van der Waals surface area contributed by atoms with Gasteiger partial charge in [0.25, 0.3) is 0 Å². The SMILES string of the molecule is Cc1cnccc1C(c1ccc(F)cc1F)N1CCNCC1. The minimum atomic E-state index is -0.549. The Bertz CT molecular complexity index is 654. The molecular formula is C17H19F2N3. The second-order valence-corrected chi connectivity index (χ2v) is 5.59. The van der Waals surface area contributed by atoms with Gasteiger partial charge in [0, 0.05) is 50.2 Å². The van der Waals surface area contributed by atoms with Gasteiger partial charge in [-0.2, -0.15) is 0 Å². The van der Waals surface area contributed by atoms with Crippen LogP contribution in [0.3, 0.4) is 0 Å². The second-order valence-electron chi connectivity index (χ2n) is 5.59. The number of aryl methyl sites for hydroxylation is 1. The molecule has 1 aliphatic rings. The van der Waals surface area contributed by atoms with E-state index in [9.17, 15) is 8.78 Å². The maximum atomic E-state index is 14.4. The number of nitrogens with zero attached hydrogens (tertiary/aromatic N) is 2. The third-order valence-corrected chi connectivity index (χ3v) is 4.13. The normalized spacial score (nSPS) is 17.4. The van der Waals surface area contributed by atoms with Crippen LogP contribution in [0.25, 0.3) is 0 Å². The number of piperazine rings is 1. The molecule has 1 saturated heterocycles. The minimum absolute atomic E-state index is 0.217. The lowest BCUT2D eigenvalue weighted by Crippen LogP contribution is -2.45. The van der Waals surface area contributed by atoms with Gasteiger partial charge in [-0.15, -0.1) is 0 Å². The highest BCUT2D eigenvalue weighted by molar-refractivity contribution is 5.36. The molecule has 3 rings (SSSR count). The number of hydrogen-bond acceptors (Lipinski definition) is 3. The number of aromatic nitrogens is 1. The van der Waals surface area contributed by atoms with Crippen LogP contribution in [-0.4, -0.2) is 36.1 Å². The molecule has 1 aliphatic heterocycles. The maximum absolute atomic E-state index is 14.4. The van der Waals surface area contributed by atoms with Crippen LogP contribution < -0.4 is 5.32 Å². The Morgan fingerprint density at radius 3 is 2.59 bits per heavy atom. The second kappa shape index (κ2) is 6.50. The summed E-state index contributed by atoms with van der Waals surface area (Å²) in [6, 6.07) is 5.54. The summed E-state index contributed by atoms with van der Waals surface area (Å²) in [5.74, 6) is -1.05. The molecule has 1 aromatic carbocycles. The maximum Gasteiger partial charge on any atom is 0.131 e. The molecule has 2 heterocycles. The first-order valence-corrected chi connectivity index (χ1v) is 7.47. The average molecular weight is 303 g/mol. The zero-order valence-electron chi connectivity index (χ0n) is 12.5. The Kier molecular flexibility index (Phi) is 4.45. The van der Waals surface area contributed by atoms with Gasteiger partial charge in [-0.05, 0) is 30.2 Å². The Morgan fingerprint density at radius 1 is 1.14 bits per heavy atom. The summed E-state index contributed by atoms with van der Waals surface area (Å²) in [6.45, 7) is 5.35. The summed E-state index contributed by atoms with van der Waals surface area (Å²) in [7, 11) is 0. The number of rotatable bonds is 3. The van der Waals surface area contributed by atoms with Gasteiger partial charge >= 0.3 is 0 Å². The Labute approximate surface area is 129 Å². The van der Waals surface area contributed by atoms with Crippen molar-refractivity contribution in [1.82, 2.24) is 15.2 Å². The fourth-order valence-corrected chi connectivity index (χ4v) is 3.02. The monoisotopic (exact) mass is 303 g/mol. The fraction of sp³-hybridized carbons (Fsp3) is 0.353. The van der Waals surface area contributed by atoms with Gasteiger partial charge in [0.2, 0.25) is 0 Å². The summed E-state index contributed by atoms with van der Waals surface area (Å²) in [4.78, 5) is 6.35. The molecule has 5 heteroatoms. The lowest BCUT2D eigenvalue weighted by Gasteiger charge is -2.36. The molecule has 1 unspecified atom stereocenters. The smallest absolute Gasteiger partial charge is 0.131 e. The molecule has 0 saturated carbocycles. The molecular weight excluding hydrogens is 284 g/mol. The third kappa shape index (κ3) is 3.00. The molecule has 3 nitrogen and oxygen atoms in total. The minimum Gasteiger partial charge on any atom is -0.314 e. The Hall–Kier alpha value is -1.85. The van der Waals surface area contributed by atoms with Crippen molar-refractivity contribution in [3.63, 3.8) is 0 Å². The molecule has 0 spiro atoms. The van der Waals surface area contributed by atoms with Crippen LogP contribution in [0.5, 0.6) is 0 Å². The van der Waals surface area contributed by atoms with E-state index in [1.54, 1.807) is 18.5 Å². The number of benzene rings is 1.